The number of hydrogen-bond acceptors (Lipinski definition) is 6. The molecule has 1 atom stereocenters. The first-order valence-corrected chi connectivity index (χ1v) is 11.2. The highest BCUT2D eigenvalue weighted by Gasteiger charge is 2.30. The van der Waals surface area contributed by atoms with Crippen molar-refractivity contribution in [2.45, 2.75) is 38.1 Å². The average molecular weight is 439 g/mol. The maximum absolute atomic E-state index is 13.1. The summed E-state index contributed by atoms with van der Waals surface area (Å²) in [7, 11) is 1.55. The van der Waals surface area contributed by atoms with Crippen LogP contribution in [0, 0.1) is 0 Å². The first-order valence-electron chi connectivity index (χ1n) is 10.3. The van der Waals surface area contributed by atoms with Gasteiger partial charge < -0.3 is 9.88 Å². The Balaban J connectivity index is 1.36. The van der Waals surface area contributed by atoms with Crippen LogP contribution >= 0.6 is 11.3 Å². The van der Waals surface area contributed by atoms with Crippen LogP contribution in [-0.4, -0.2) is 41.9 Å². The van der Waals surface area contributed by atoms with Crippen molar-refractivity contribution in [1.82, 2.24) is 29.4 Å². The van der Waals surface area contributed by atoms with Crippen LogP contribution in [0.2, 0.25) is 0 Å². The molecule has 0 bridgehead atoms. The molecule has 0 saturated carbocycles. The summed E-state index contributed by atoms with van der Waals surface area (Å²) < 4.78 is 2.42. The van der Waals surface area contributed by atoms with Crippen LogP contribution in [0.15, 0.2) is 33.9 Å². The van der Waals surface area contributed by atoms with Crippen molar-refractivity contribution in [2.24, 2.45) is 7.05 Å². The van der Waals surface area contributed by atoms with Crippen LogP contribution in [0.5, 0.6) is 0 Å². The fourth-order valence-electron chi connectivity index (χ4n) is 4.16. The Morgan fingerprint density at radius 3 is 2.87 bits per heavy atom. The van der Waals surface area contributed by atoms with Gasteiger partial charge >= 0.3 is 5.69 Å². The van der Waals surface area contributed by atoms with Gasteiger partial charge in [-0.25, -0.2) is 14.8 Å². The number of aryl methyl sites for hydroxylation is 2. The molecule has 2 N–H and O–H groups in total. The number of hydrogen-bond donors (Lipinski definition) is 2. The SMILES string of the molecule is Cn1c(=O)[nH]c(=O)c2[nH]c(CCC(=O)N3CCCC[C@H]3c3nc4ccccc4s3)nc21. The molecule has 0 unspecified atom stereocenters. The van der Waals surface area contributed by atoms with Gasteiger partial charge in [0, 0.05) is 26.4 Å². The number of para-hydroxylation sites is 1. The molecule has 1 aliphatic rings. The zero-order valence-electron chi connectivity index (χ0n) is 17.1. The molecule has 3 aromatic heterocycles. The quantitative estimate of drug-likeness (QED) is 0.507. The van der Waals surface area contributed by atoms with Gasteiger partial charge in [-0.1, -0.05) is 12.1 Å². The normalized spacial score (nSPS) is 16.9. The number of imidazole rings is 1. The Labute approximate surface area is 180 Å². The van der Waals surface area contributed by atoms with E-state index >= 15 is 0 Å². The zero-order valence-corrected chi connectivity index (χ0v) is 17.9. The van der Waals surface area contributed by atoms with Gasteiger partial charge in [-0.2, -0.15) is 0 Å². The summed E-state index contributed by atoms with van der Waals surface area (Å²) in [5, 5.41) is 0.986. The molecular formula is C21H22N6O3S. The zero-order chi connectivity index (χ0) is 21.5. The topological polar surface area (TPSA) is 117 Å². The van der Waals surface area contributed by atoms with Gasteiger partial charge in [0.2, 0.25) is 5.91 Å². The lowest BCUT2D eigenvalue weighted by molar-refractivity contribution is -0.135. The minimum absolute atomic E-state index is 0.00186. The number of rotatable bonds is 4. The van der Waals surface area contributed by atoms with Gasteiger partial charge in [-0.05, 0) is 31.4 Å². The molecule has 31 heavy (non-hydrogen) atoms. The van der Waals surface area contributed by atoms with Gasteiger partial charge in [0.15, 0.2) is 5.65 Å². The van der Waals surface area contributed by atoms with Crippen molar-refractivity contribution in [1.29, 1.82) is 0 Å². The Kier molecular flexibility index (Phi) is 4.93. The molecule has 9 nitrogen and oxygen atoms in total. The number of aromatic amines is 2. The highest BCUT2D eigenvalue weighted by Crippen LogP contribution is 2.36. The summed E-state index contributed by atoms with van der Waals surface area (Å²) >= 11 is 1.65. The molecule has 1 amide bonds. The lowest BCUT2D eigenvalue weighted by Gasteiger charge is -2.34. The maximum Gasteiger partial charge on any atom is 0.329 e. The standard InChI is InChI=1S/C21H22N6O3S/c1-26-18-17(19(29)25-21(26)30)23-15(24-18)9-10-16(28)27-11-5-4-7-13(27)20-22-12-6-2-3-8-14(12)31-20/h2-3,6,8,13H,4-5,7,9-11H2,1H3,(H,23,24)(H,25,29,30)/t13-/m0/s1. The number of piperidine rings is 1. The fourth-order valence-corrected chi connectivity index (χ4v) is 5.27. The molecule has 0 spiro atoms. The average Bonchev–Trinajstić information content (AvgIpc) is 3.41. The lowest BCUT2D eigenvalue weighted by Crippen LogP contribution is -2.38. The molecular weight excluding hydrogens is 416 g/mol. The minimum Gasteiger partial charge on any atom is -0.336 e. The number of benzene rings is 1. The van der Waals surface area contributed by atoms with E-state index in [4.69, 9.17) is 4.98 Å². The van der Waals surface area contributed by atoms with E-state index in [1.807, 2.05) is 23.1 Å². The van der Waals surface area contributed by atoms with E-state index in [-0.39, 0.29) is 23.9 Å². The molecule has 0 aliphatic carbocycles. The number of nitrogens with zero attached hydrogens (tertiary/aromatic N) is 4. The van der Waals surface area contributed by atoms with Crippen LogP contribution in [0.1, 0.15) is 42.6 Å². The number of amides is 1. The summed E-state index contributed by atoms with van der Waals surface area (Å²) in [6, 6.07) is 8.03. The molecule has 0 radical (unpaired) electrons. The van der Waals surface area contributed by atoms with E-state index in [2.05, 4.69) is 21.0 Å². The summed E-state index contributed by atoms with van der Waals surface area (Å²) in [5.74, 6) is 0.566. The maximum atomic E-state index is 13.1. The van der Waals surface area contributed by atoms with Crippen molar-refractivity contribution in [3.05, 3.63) is 55.9 Å². The van der Waals surface area contributed by atoms with Crippen LogP contribution in [-0.2, 0) is 18.3 Å². The monoisotopic (exact) mass is 438 g/mol. The van der Waals surface area contributed by atoms with E-state index in [0.717, 1.165) is 34.5 Å². The second kappa shape index (κ2) is 7.77. The minimum atomic E-state index is -0.515. The Morgan fingerprint density at radius 1 is 1.19 bits per heavy atom. The number of fused-ring (bicyclic) bond motifs is 2. The molecule has 1 fully saturated rings. The number of likely N-dealkylation sites (tertiary alicyclic amines) is 1. The Bertz CT molecular complexity index is 1360. The van der Waals surface area contributed by atoms with Gasteiger partial charge in [0.05, 0.1) is 16.3 Å². The van der Waals surface area contributed by atoms with Crippen molar-refractivity contribution in [2.75, 3.05) is 6.54 Å². The molecule has 1 saturated heterocycles. The number of nitrogens with one attached hydrogen (secondary N) is 2. The number of carbonyl (C=O) groups is 1. The van der Waals surface area contributed by atoms with Crippen LogP contribution < -0.4 is 11.2 Å². The summed E-state index contributed by atoms with van der Waals surface area (Å²) in [6.45, 7) is 0.716. The predicted molar refractivity (Wildman–Crippen MR) is 118 cm³/mol. The van der Waals surface area contributed by atoms with Crippen LogP contribution in [0.25, 0.3) is 21.4 Å². The van der Waals surface area contributed by atoms with Gasteiger partial charge in [0.1, 0.15) is 16.3 Å². The number of H-pyrrole nitrogens is 2. The summed E-state index contributed by atoms with van der Waals surface area (Å²) in [4.78, 5) is 53.2. The molecule has 10 heteroatoms. The third kappa shape index (κ3) is 3.56. The Morgan fingerprint density at radius 2 is 2.03 bits per heavy atom. The molecule has 160 valence electrons. The van der Waals surface area contributed by atoms with Gasteiger partial charge in [0.25, 0.3) is 5.56 Å². The molecule has 4 heterocycles. The van der Waals surface area contributed by atoms with Crippen molar-refractivity contribution in [3.8, 4) is 0 Å². The smallest absolute Gasteiger partial charge is 0.329 e. The van der Waals surface area contributed by atoms with Crippen molar-refractivity contribution in [3.63, 3.8) is 0 Å². The molecule has 1 aliphatic heterocycles. The first-order chi connectivity index (χ1) is 15.0. The fraction of sp³-hybridized carbons (Fsp3) is 0.381. The Hall–Kier alpha value is -3.27. The third-order valence-corrected chi connectivity index (χ3v) is 6.94. The predicted octanol–water partition coefficient (Wildman–Crippen LogP) is 2.25. The molecule has 4 aromatic rings. The van der Waals surface area contributed by atoms with E-state index in [1.165, 1.54) is 4.57 Å². The first kappa shape index (κ1) is 19.7. The largest absolute Gasteiger partial charge is 0.336 e. The molecule has 1 aromatic carbocycles. The lowest BCUT2D eigenvalue weighted by atomic mass is 10.0. The van der Waals surface area contributed by atoms with E-state index < -0.39 is 11.2 Å². The van der Waals surface area contributed by atoms with Crippen LogP contribution in [0.4, 0.5) is 0 Å². The summed E-state index contributed by atoms with van der Waals surface area (Å²) in [5.41, 5.74) is 0.490. The van der Waals surface area contributed by atoms with Crippen LogP contribution in [0.3, 0.4) is 0 Å². The highest BCUT2D eigenvalue weighted by molar-refractivity contribution is 7.18. The second-order valence-corrected chi connectivity index (χ2v) is 8.88. The molecule has 5 rings (SSSR count). The highest BCUT2D eigenvalue weighted by atomic mass is 32.1. The number of thiazole rings is 1. The summed E-state index contributed by atoms with van der Waals surface area (Å²) in [6.07, 6.45) is 3.60. The van der Waals surface area contributed by atoms with Gasteiger partial charge in [-0.15, -0.1) is 11.3 Å². The third-order valence-electron chi connectivity index (χ3n) is 5.80. The van der Waals surface area contributed by atoms with Gasteiger partial charge in [-0.3, -0.25) is 19.1 Å². The van der Waals surface area contributed by atoms with E-state index in [1.54, 1.807) is 18.4 Å². The second-order valence-electron chi connectivity index (χ2n) is 7.82. The van der Waals surface area contributed by atoms with E-state index in [0.29, 0.717) is 24.4 Å². The number of aromatic nitrogens is 5. The number of carbonyl (C=O) groups excluding carboxylic acids is 1. The van der Waals surface area contributed by atoms with Crippen molar-refractivity contribution < 1.29 is 4.79 Å². The van der Waals surface area contributed by atoms with Crippen molar-refractivity contribution >= 4 is 38.6 Å². The van der Waals surface area contributed by atoms with E-state index in [9.17, 15) is 14.4 Å².